The highest BCUT2D eigenvalue weighted by atomic mass is 14.6. The second-order valence-electron chi connectivity index (χ2n) is 11.9. The van der Waals surface area contributed by atoms with E-state index in [-0.39, 0.29) is 0 Å². The topological polar surface area (TPSA) is 26.0 Å². The molecule has 4 unspecified atom stereocenters. The third kappa shape index (κ3) is 8.77. The van der Waals surface area contributed by atoms with Gasteiger partial charge in [0.25, 0.3) is 0 Å². The van der Waals surface area contributed by atoms with Gasteiger partial charge in [0.1, 0.15) is 0 Å². The van der Waals surface area contributed by atoms with E-state index >= 15 is 0 Å². The highest BCUT2D eigenvalue weighted by Crippen LogP contribution is 2.49. The lowest BCUT2D eigenvalue weighted by Crippen LogP contribution is -2.24. The van der Waals surface area contributed by atoms with Gasteiger partial charge in [-0.1, -0.05) is 125 Å². The Morgan fingerprint density at radius 2 is 1.53 bits per heavy atom. The van der Waals surface area contributed by atoms with Gasteiger partial charge in [-0.05, 0) is 128 Å². The summed E-state index contributed by atoms with van der Waals surface area (Å²) in [6, 6.07) is 2.46. The van der Waals surface area contributed by atoms with Gasteiger partial charge in [-0.2, -0.15) is 0 Å². The summed E-state index contributed by atoms with van der Waals surface area (Å²) in [5, 5.41) is 0. The Kier molecular flexibility index (Phi) is 17.9. The summed E-state index contributed by atoms with van der Waals surface area (Å²) < 4.78 is 0. The summed E-state index contributed by atoms with van der Waals surface area (Å²) in [7, 11) is 0. The maximum absolute atomic E-state index is 6.23. The van der Waals surface area contributed by atoms with Gasteiger partial charge in [0.15, 0.2) is 0 Å². The fourth-order valence-corrected chi connectivity index (χ4v) is 7.20. The van der Waals surface area contributed by atoms with Crippen LogP contribution in [0.2, 0.25) is 0 Å². The molecular weight excluding hydrogens is 518 g/mol. The number of allylic oxidation sites excluding steroid dienone is 6. The summed E-state index contributed by atoms with van der Waals surface area (Å²) in [5.41, 5.74) is 23.1. The molecule has 4 atom stereocenters. The molecule has 0 bridgehead atoms. The van der Waals surface area contributed by atoms with Crippen LogP contribution in [0.3, 0.4) is 0 Å². The smallest absolute Gasteiger partial charge is 0.0316 e. The van der Waals surface area contributed by atoms with Crippen molar-refractivity contribution in [1.82, 2.24) is 0 Å². The highest BCUT2D eigenvalue weighted by molar-refractivity contribution is 5.85. The van der Waals surface area contributed by atoms with E-state index in [1.54, 1.807) is 0 Å². The van der Waals surface area contributed by atoms with E-state index in [2.05, 4.69) is 81.2 Å². The first-order valence-electron chi connectivity index (χ1n) is 17.4. The maximum Gasteiger partial charge on any atom is 0.0316 e. The van der Waals surface area contributed by atoms with Crippen molar-refractivity contribution in [3.63, 3.8) is 0 Å². The second-order valence-corrected chi connectivity index (χ2v) is 11.9. The standard InChI is InChI=1S/C36H51N.3C2H6/c1-13-15-20(3)23(6)24(7)33-18-22(5)32-19-30(14-2)35(28(11)36(32)27(33)10)26(9)31-17-16-21(4)34(25(31)8)29(12)37;3*1-2/h18,23-24,30-31H,3,8,11-17,19,37H2,1-2,4-7,9-10H3;3*1-2H3/b35-26-;;;. The van der Waals surface area contributed by atoms with Gasteiger partial charge in [-0.15, -0.1) is 0 Å². The van der Waals surface area contributed by atoms with Crippen molar-refractivity contribution in [2.75, 3.05) is 0 Å². The highest BCUT2D eigenvalue weighted by Gasteiger charge is 2.34. The van der Waals surface area contributed by atoms with E-state index in [4.69, 9.17) is 12.3 Å². The van der Waals surface area contributed by atoms with Crippen LogP contribution >= 0.6 is 0 Å². The van der Waals surface area contributed by atoms with Crippen molar-refractivity contribution in [1.29, 1.82) is 0 Å². The minimum atomic E-state index is 0.294. The fraction of sp³-hybridized carbons (Fsp3) is 0.571. The molecule has 2 aliphatic rings. The molecule has 1 aromatic rings. The molecule has 3 rings (SSSR count). The molecule has 0 spiro atoms. The number of hydrogen-bond donors (Lipinski definition) is 1. The molecular formula is C42H69N. The lowest BCUT2D eigenvalue weighted by Gasteiger charge is -2.38. The monoisotopic (exact) mass is 588 g/mol. The molecule has 1 nitrogen and oxygen atoms in total. The van der Waals surface area contributed by atoms with Crippen LogP contribution in [0.1, 0.15) is 149 Å². The van der Waals surface area contributed by atoms with E-state index in [0.717, 1.165) is 49.7 Å². The number of rotatable bonds is 8. The van der Waals surface area contributed by atoms with Crippen molar-refractivity contribution in [3.8, 4) is 0 Å². The predicted octanol–water partition coefficient (Wildman–Crippen LogP) is 13.1. The maximum atomic E-state index is 6.23. The summed E-state index contributed by atoms with van der Waals surface area (Å²) in [4.78, 5) is 0. The van der Waals surface area contributed by atoms with Crippen LogP contribution in [0.25, 0.3) is 5.57 Å². The van der Waals surface area contributed by atoms with Crippen molar-refractivity contribution in [2.24, 2.45) is 23.5 Å². The van der Waals surface area contributed by atoms with Crippen LogP contribution in [-0.4, -0.2) is 0 Å². The fourth-order valence-electron chi connectivity index (χ4n) is 7.20. The molecule has 242 valence electrons. The number of nitrogens with two attached hydrogens (primary N) is 1. The lowest BCUT2D eigenvalue weighted by atomic mass is 9.67. The van der Waals surface area contributed by atoms with Crippen LogP contribution in [-0.2, 0) is 6.42 Å². The molecule has 2 aliphatic carbocycles. The molecule has 0 saturated heterocycles. The Balaban J connectivity index is 0.00000276. The number of hydrogen-bond acceptors (Lipinski definition) is 1. The molecule has 1 heteroatoms. The Bertz CT molecular complexity index is 1200. The Morgan fingerprint density at radius 1 is 0.977 bits per heavy atom. The summed E-state index contributed by atoms with van der Waals surface area (Å²) in [5.74, 6) is 1.66. The molecule has 1 aromatic carbocycles. The van der Waals surface area contributed by atoms with Gasteiger partial charge >= 0.3 is 0 Å². The molecule has 43 heavy (non-hydrogen) atoms. The van der Waals surface area contributed by atoms with Crippen molar-refractivity contribution >= 4 is 5.57 Å². The lowest BCUT2D eigenvalue weighted by molar-refractivity contribution is 0.535. The van der Waals surface area contributed by atoms with Crippen molar-refractivity contribution < 1.29 is 0 Å². The molecule has 0 radical (unpaired) electrons. The zero-order valence-electron chi connectivity index (χ0n) is 31.0. The van der Waals surface area contributed by atoms with E-state index in [1.165, 1.54) is 55.7 Å². The summed E-state index contributed by atoms with van der Waals surface area (Å²) in [6.45, 7) is 48.2. The third-order valence-corrected chi connectivity index (χ3v) is 9.64. The quantitative estimate of drug-likeness (QED) is 0.301. The van der Waals surface area contributed by atoms with E-state index in [9.17, 15) is 0 Å². The van der Waals surface area contributed by atoms with Crippen LogP contribution in [0.5, 0.6) is 0 Å². The minimum Gasteiger partial charge on any atom is -0.399 e. The SMILES string of the molecule is C=C(N)C1=C(C)CCC(/C(C)=C2/C(=C)c3c(C)c(C(C)C(C)C(=C)CCC)cc(C)c3CC2CC)C1=C.CC.CC.CC. The Hall–Kier alpha value is -2.54. The Labute approximate surface area is 269 Å². The van der Waals surface area contributed by atoms with E-state index < -0.39 is 0 Å². The zero-order valence-corrected chi connectivity index (χ0v) is 31.0. The first kappa shape index (κ1) is 40.5. The third-order valence-electron chi connectivity index (χ3n) is 9.64. The molecule has 0 fully saturated rings. The van der Waals surface area contributed by atoms with Gasteiger partial charge in [-0.25, -0.2) is 0 Å². The van der Waals surface area contributed by atoms with Crippen LogP contribution < -0.4 is 5.73 Å². The van der Waals surface area contributed by atoms with E-state index in [1.807, 2.05) is 41.5 Å². The average molecular weight is 588 g/mol. The van der Waals surface area contributed by atoms with Crippen LogP contribution in [0.15, 0.2) is 71.5 Å². The molecule has 0 heterocycles. The van der Waals surface area contributed by atoms with Gasteiger partial charge in [-0.3, -0.25) is 0 Å². The largest absolute Gasteiger partial charge is 0.399 e. The van der Waals surface area contributed by atoms with E-state index in [0.29, 0.717) is 29.4 Å². The average Bonchev–Trinajstić information content (AvgIpc) is 3.00. The van der Waals surface area contributed by atoms with Gasteiger partial charge in [0.2, 0.25) is 0 Å². The molecule has 0 aliphatic heterocycles. The van der Waals surface area contributed by atoms with Gasteiger partial charge < -0.3 is 5.73 Å². The molecule has 0 aromatic heterocycles. The van der Waals surface area contributed by atoms with Crippen LogP contribution in [0, 0.1) is 31.6 Å². The van der Waals surface area contributed by atoms with Crippen molar-refractivity contribution in [2.45, 2.75) is 141 Å². The number of aryl methyl sites for hydroxylation is 1. The van der Waals surface area contributed by atoms with Crippen molar-refractivity contribution in [3.05, 3.63) is 99.3 Å². The second kappa shape index (κ2) is 19.0. The Morgan fingerprint density at radius 3 is 2.02 bits per heavy atom. The zero-order chi connectivity index (χ0) is 33.8. The van der Waals surface area contributed by atoms with Gasteiger partial charge in [0, 0.05) is 11.6 Å². The number of benzene rings is 1. The predicted molar refractivity (Wildman–Crippen MR) is 199 cm³/mol. The summed E-state index contributed by atoms with van der Waals surface area (Å²) in [6.07, 6.45) is 6.57. The first-order chi connectivity index (χ1) is 20.4. The minimum absolute atomic E-state index is 0.294. The van der Waals surface area contributed by atoms with Crippen LogP contribution in [0.4, 0.5) is 0 Å². The molecule has 0 amide bonds. The number of fused-ring (bicyclic) bond motifs is 1. The molecule has 0 saturated carbocycles. The molecule has 2 N–H and O–H groups in total. The summed E-state index contributed by atoms with van der Waals surface area (Å²) >= 11 is 0. The first-order valence-corrected chi connectivity index (χ1v) is 17.4. The van der Waals surface area contributed by atoms with Gasteiger partial charge in [0.05, 0.1) is 0 Å². The normalized spacial score (nSPS) is 20.2.